The van der Waals surface area contributed by atoms with Crippen LogP contribution in [0.2, 0.25) is 0 Å². The monoisotopic (exact) mass is 228 g/mol. The molecule has 1 heterocycles. The number of likely N-dealkylation sites (tertiary alicyclic amines) is 1. The Hall–Kier alpha value is -1.26. The fraction of sp³-hybridized carbons (Fsp3) is 0.818. The quantitative estimate of drug-likeness (QED) is 0.773. The number of likely N-dealkylation sites (N-methyl/N-ethyl adjacent to an activating group) is 1. The Bertz CT molecular complexity index is 280. The topological polar surface area (TPSA) is 60.9 Å². The second-order valence-corrected chi connectivity index (χ2v) is 4.70. The van der Waals surface area contributed by atoms with E-state index in [1.807, 2.05) is 6.92 Å². The molecule has 92 valence electrons. The molecule has 0 saturated carbocycles. The first-order valence-electron chi connectivity index (χ1n) is 5.65. The number of carbonyl (C=O) groups excluding carboxylic acids is 1. The van der Waals surface area contributed by atoms with Crippen molar-refractivity contribution in [3.8, 4) is 0 Å². The van der Waals surface area contributed by atoms with Gasteiger partial charge in [-0.2, -0.15) is 0 Å². The highest BCUT2D eigenvalue weighted by Gasteiger charge is 2.28. The zero-order valence-electron chi connectivity index (χ0n) is 10.1. The predicted molar refractivity (Wildman–Crippen MR) is 60.2 cm³/mol. The molecule has 1 aliphatic rings. The minimum atomic E-state index is -0.978. The van der Waals surface area contributed by atoms with E-state index in [0.29, 0.717) is 5.92 Å². The number of carboxylic acids is 1. The van der Waals surface area contributed by atoms with Crippen molar-refractivity contribution in [2.75, 3.05) is 20.1 Å². The van der Waals surface area contributed by atoms with E-state index < -0.39 is 5.97 Å². The van der Waals surface area contributed by atoms with Crippen molar-refractivity contribution < 1.29 is 14.7 Å². The minimum absolute atomic E-state index is 0.179. The van der Waals surface area contributed by atoms with Gasteiger partial charge in [0, 0.05) is 19.6 Å². The molecule has 0 aromatic rings. The van der Waals surface area contributed by atoms with Crippen LogP contribution in [0.25, 0.3) is 0 Å². The van der Waals surface area contributed by atoms with Gasteiger partial charge in [-0.25, -0.2) is 4.79 Å². The van der Waals surface area contributed by atoms with Crippen molar-refractivity contribution in [3.63, 3.8) is 0 Å². The summed E-state index contributed by atoms with van der Waals surface area (Å²) in [5.41, 5.74) is 0. The maximum absolute atomic E-state index is 11.9. The summed E-state index contributed by atoms with van der Waals surface area (Å²) in [5.74, 6) is -0.335. The van der Waals surface area contributed by atoms with E-state index in [2.05, 4.69) is 6.92 Å². The maximum atomic E-state index is 11.9. The maximum Gasteiger partial charge on any atom is 0.323 e. The van der Waals surface area contributed by atoms with Crippen LogP contribution < -0.4 is 0 Å². The number of aliphatic carboxylic acids is 1. The number of hydrogen-bond acceptors (Lipinski definition) is 2. The van der Waals surface area contributed by atoms with E-state index in [0.717, 1.165) is 19.4 Å². The minimum Gasteiger partial charge on any atom is -0.480 e. The van der Waals surface area contributed by atoms with E-state index >= 15 is 0 Å². The average molecular weight is 228 g/mol. The molecule has 1 N–H and O–H groups in total. The second-order valence-electron chi connectivity index (χ2n) is 4.70. The molecule has 16 heavy (non-hydrogen) atoms. The summed E-state index contributed by atoms with van der Waals surface area (Å²) in [5, 5.41) is 8.63. The lowest BCUT2D eigenvalue weighted by Crippen LogP contribution is -2.50. The number of piperidine rings is 1. The highest BCUT2D eigenvalue weighted by atomic mass is 16.4. The molecule has 0 radical (unpaired) electrons. The molecule has 1 aliphatic heterocycles. The van der Waals surface area contributed by atoms with E-state index in [4.69, 9.17) is 5.11 Å². The molecule has 0 spiro atoms. The lowest BCUT2D eigenvalue weighted by atomic mass is 9.94. The van der Waals surface area contributed by atoms with Gasteiger partial charge in [-0.05, 0) is 25.7 Å². The van der Waals surface area contributed by atoms with E-state index in [9.17, 15) is 9.59 Å². The van der Waals surface area contributed by atoms with Crippen molar-refractivity contribution in [1.29, 1.82) is 0 Å². The van der Waals surface area contributed by atoms with E-state index in [-0.39, 0.29) is 18.6 Å². The summed E-state index contributed by atoms with van der Waals surface area (Å²) in [4.78, 5) is 25.5. The first-order valence-corrected chi connectivity index (χ1v) is 5.65. The summed E-state index contributed by atoms with van der Waals surface area (Å²) in [6.45, 7) is 4.68. The summed E-state index contributed by atoms with van der Waals surface area (Å²) in [6.07, 6.45) is 1.99. The molecule has 1 rings (SSSR count). The molecule has 0 aromatic heterocycles. The number of carboxylic acid groups (broad SMARTS) is 1. The van der Waals surface area contributed by atoms with E-state index in [1.165, 1.54) is 11.9 Å². The Labute approximate surface area is 96.0 Å². The third-order valence-electron chi connectivity index (χ3n) is 3.08. The van der Waals surface area contributed by atoms with Crippen LogP contribution in [-0.2, 0) is 4.79 Å². The first-order chi connectivity index (χ1) is 7.41. The molecule has 2 amide bonds. The number of urea groups is 1. The van der Waals surface area contributed by atoms with Gasteiger partial charge in [0.25, 0.3) is 0 Å². The van der Waals surface area contributed by atoms with Crippen LogP contribution in [0.3, 0.4) is 0 Å². The van der Waals surface area contributed by atoms with Gasteiger partial charge in [0.15, 0.2) is 0 Å². The smallest absolute Gasteiger partial charge is 0.323 e. The van der Waals surface area contributed by atoms with Crippen LogP contribution in [0.4, 0.5) is 4.79 Å². The molecule has 2 unspecified atom stereocenters. The number of amides is 2. The third-order valence-corrected chi connectivity index (χ3v) is 3.08. The van der Waals surface area contributed by atoms with Crippen LogP contribution in [-0.4, -0.2) is 53.1 Å². The predicted octanol–water partition coefficient (Wildman–Crippen LogP) is 1.24. The molecule has 1 fully saturated rings. The van der Waals surface area contributed by atoms with Gasteiger partial charge in [0.1, 0.15) is 6.54 Å². The van der Waals surface area contributed by atoms with Crippen molar-refractivity contribution in [3.05, 3.63) is 0 Å². The van der Waals surface area contributed by atoms with Crippen LogP contribution in [0, 0.1) is 5.92 Å². The number of hydrogen-bond donors (Lipinski definition) is 1. The number of carbonyl (C=O) groups is 2. The molecule has 5 nitrogen and oxygen atoms in total. The lowest BCUT2D eigenvalue weighted by molar-refractivity contribution is -0.137. The Balaban J connectivity index is 2.56. The summed E-state index contributed by atoms with van der Waals surface area (Å²) < 4.78 is 0. The first kappa shape index (κ1) is 12.8. The molecule has 0 aromatic carbocycles. The van der Waals surface area contributed by atoms with Crippen molar-refractivity contribution in [1.82, 2.24) is 9.80 Å². The largest absolute Gasteiger partial charge is 0.480 e. The molecule has 2 atom stereocenters. The third kappa shape index (κ3) is 3.12. The van der Waals surface area contributed by atoms with Crippen LogP contribution in [0.5, 0.6) is 0 Å². The van der Waals surface area contributed by atoms with Gasteiger partial charge in [-0.15, -0.1) is 0 Å². The average Bonchev–Trinajstić information content (AvgIpc) is 2.15. The van der Waals surface area contributed by atoms with Crippen molar-refractivity contribution >= 4 is 12.0 Å². The normalized spacial score (nSPS) is 25.3. The molecule has 0 aliphatic carbocycles. The fourth-order valence-corrected chi connectivity index (χ4v) is 2.18. The lowest BCUT2D eigenvalue weighted by Gasteiger charge is -2.38. The van der Waals surface area contributed by atoms with Gasteiger partial charge < -0.3 is 14.9 Å². The Kier molecular flexibility index (Phi) is 4.15. The molecule has 1 saturated heterocycles. The SMILES string of the molecule is CC1CCN(C(=O)N(C)CC(=O)O)C(C)C1. The number of rotatable bonds is 2. The van der Waals surface area contributed by atoms with Crippen molar-refractivity contribution in [2.45, 2.75) is 32.7 Å². The molecular weight excluding hydrogens is 208 g/mol. The van der Waals surface area contributed by atoms with Gasteiger partial charge >= 0.3 is 12.0 Å². The zero-order valence-corrected chi connectivity index (χ0v) is 10.1. The summed E-state index contributed by atoms with van der Waals surface area (Å²) in [6, 6.07) is 0.0225. The Morgan fingerprint density at radius 1 is 1.44 bits per heavy atom. The summed E-state index contributed by atoms with van der Waals surface area (Å²) >= 11 is 0. The van der Waals surface area contributed by atoms with Gasteiger partial charge in [-0.3, -0.25) is 4.79 Å². The van der Waals surface area contributed by atoms with Crippen LogP contribution >= 0.6 is 0 Å². The van der Waals surface area contributed by atoms with E-state index in [1.54, 1.807) is 4.90 Å². The van der Waals surface area contributed by atoms with Gasteiger partial charge in [-0.1, -0.05) is 6.92 Å². The molecule has 0 bridgehead atoms. The molecular formula is C11H20N2O3. The fourth-order valence-electron chi connectivity index (χ4n) is 2.18. The number of nitrogens with zero attached hydrogens (tertiary/aromatic N) is 2. The second kappa shape index (κ2) is 5.18. The van der Waals surface area contributed by atoms with Crippen molar-refractivity contribution in [2.24, 2.45) is 5.92 Å². The van der Waals surface area contributed by atoms with Gasteiger partial charge in [0.05, 0.1) is 0 Å². The highest BCUT2D eigenvalue weighted by Crippen LogP contribution is 2.22. The van der Waals surface area contributed by atoms with Gasteiger partial charge in [0.2, 0.25) is 0 Å². The molecule has 5 heteroatoms. The summed E-state index contributed by atoms with van der Waals surface area (Å²) in [7, 11) is 1.53. The zero-order chi connectivity index (χ0) is 12.3. The van der Waals surface area contributed by atoms with Crippen LogP contribution in [0.1, 0.15) is 26.7 Å². The van der Waals surface area contributed by atoms with Crippen LogP contribution in [0.15, 0.2) is 0 Å². The standard InChI is InChI=1S/C11H20N2O3/c1-8-4-5-13(9(2)6-8)11(16)12(3)7-10(14)15/h8-9H,4-7H2,1-3H3,(H,14,15). The highest BCUT2D eigenvalue weighted by molar-refractivity contribution is 5.80. The Morgan fingerprint density at radius 2 is 2.06 bits per heavy atom. The Morgan fingerprint density at radius 3 is 2.56 bits per heavy atom.